The third kappa shape index (κ3) is 5.39. The molecule has 112 valence electrons. The Hall–Kier alpha value is -1.26. The number of amides is 1. The predicted octanol–water partition coefficient (Wildman–Crippen LogP) is 2.74. The van der Waals surface area contributed by atoms with E-state index in [0.29, 0.717) is 17.3 Å². The molecule has 0 heterocycles. The molecule has 0 spiro atoms. The summed E-state index contributed by atoms with van der Waals surface area (Å²) in [5.41, 5.74) is 0.939. The number of rotatable bonds is 8. The molecule has 0 aliphatic carbocycles. The molecule has 1 atom stereocenters. The van der Waals surface area contributed by atoms with Crippen molar-refractivity contribution < 1.29 is 9.53 Å². The fraction of sp³-hybridized carbons (Fsp3) is 0.533. The Kier molecular flexibility index (Phi) is 7.41. The van der Waals surface area contributed by atoms with Gasteiger partial charge in [-0.25, -0.2) is 0 Å². The topological polar surface area (TPSA) is 50.4 Å². The Morgan fingerprint density at radius 1 is 1.45 bits per heavy atom. The number of ether oxygens (including phenoxy) is 1. The Balaban J connectivity index is 2.58. The second kappa shape index (κ2) is 8.82. The van der Waals surface area contributed by atoms with Crippen LogP contribution in [0.25, 0.3) is 0 Å². The third-order valence-corrected chi connectivity index (χ3v) is 3.19. The zero-order valence-electron chi connectivity index (χ0n) is 12.3. The molecular weight excluding hydrogens is 276 g/mol. The van der Waals surface area contributed by atoms with E-state index < -0.39 is 0 Å². The summed E-state index contributed by atoms with van der Waals surface area (Å²) in [4.78, 5) is 11.8. The van der Waals surface area contributed by atoms with Crippen molar-refractivity contribution >= 4 is 17.5 Å². The Labute approximate surface area is 125 Å². The predicted molar refractivity (Wildman–Crippen MR) is 82.2 cm³/mol. The van der Waals surface area contributed by atoms with Crippen LogP contribution in [0.3, 0.4) is 0 Å². The highest BCUT2D eigenvalue weighted by molar-refractivity contribution is 6.32. The lowest BCUT2D eigenvalue weighted by Crippen LogP contribution is -2.36. The number of halogens is 1. The number of carbonyl (C=O) groups is 1. The number of benzene rings is 1. The molecule has 20 heavy (non-hydrogen) atoms. The van der Waals surface area contributed by atoms with Crippen LogP contribution in [0.1, 0.15) is 32.3 Å². The summed E-state index contributed by atoms with van der Waals surface area (Å²) in [5.74, 6) is 0.447. The van der Waals surface area contributed by atoms with E-state index in [2.05, 4.69) is 17.6 Å². The minimum absolute atomic E-state index is 0.0193. The van der Waals surface area contributed by atoms with Crippen molar-refractivity contribution in [2.24, 2.45) is 0 Å². The highest BCUT2D eigenvalue weighted by Crippen LogP contribution is 2.28. The van der Waals surface area contributed by atoms with Gasteiger partial charge < -0.3 is 15.4 Å². The van der Waals surface area contributed by atoms with Crippen LogP contribution in [0, 0.1) is 0 Å². The van der Waals surface area contributed by atoms with Crippen molar-refractivity contribution in [1.29, 1.82) is 0 Å². The molecule has 1 rings (SSSR count). The Morgan fingerprint density at radius 3 is 2.85 bits per heavy atom. The van der Waals surface area contributed by atoms with Gasteiger partial charge >= 0.3 is 0 Å². The average Bonchev–Trinajstić information content (AvgIpc) is 2.38. The highest BCUT2D eigenvalue weighted by atomic mass is 35.5. The molecular formula is C15H23ClN2O2. The molecule has 0 aliphatic rings. The minimum Gasteiger partial charge on any atom is -0.482 e. The third-order valence-electron chi connectivity index (χ3n) is 2.89. The standard InChI is InChI=1S/C15H23ClN2O2/c1-4-6-11(2)18-14(19)10-20-15-12(9-17-3)7-5-8-13(15)16/h5,7-8,11,17H,4,6,9-10H2,1-3H3,(H,18,19). The van der Waals surface area contributed by atoms with Gasteiger partial charge in [0.2, 0.25) is 0 Å². The monoisotopic (exact) mass is 298 g/mol. The quantitative estimate of drug-likeness (QED) is 0.776. The first-order valence-electron chi connectivity index (χ1n) is 6.92. The first-order valence-corrected chi connectivity index (χ1v) is 7.30. The van der Waals surface area contributed by atoms with E-state index in [-0.39, 0.29) is 18.6 Å². The molecule has 4 nitrogen and oxygen atoms in total. The number of nitrogens with one attached hydrogen (secondary N) is 2. The van der Waals surface area contributed by atoms with Gasteiger partial charge in [-0.15, -0.1) is 0 Å². The van der Waals surface area contributed by atoms with E-state index in [1.165, 1.54) is 0 Å². The van der Waals surface area contributed by atoms with E-state index in [4.69, 9.17) is 16.3 Å². The molecule has 0 saturated heterocycles. The van der Waals surface area contributed by atoms with Crippen molar-refractivity contribution in [3.05, 3.63) is 28.8 Å². The van der Waals surface area contributed by atoms with Crippen molar-refractivity contribution in [1.82, 2.24) is 10.6 Å². The van der Waals surface area contributed by atoms with Gasteiger partial charge in [-0.2, -0.15) is 0 Å². The Bertz CT molecular complexity index is 438. The molecule has 0 bridgehead atoms. The van der Waals surface area contributed by atoms with Crippen LogP contribution in [0.2, 0.25) is 5.02 Å². The molecule has 5 heteroatoms. The molecule has 1 amide bonds. The SMILES string of the molecule is CCCC(C)NC(=O)COc1c(Cl)cccc1CNC. The maximum atomic E-state index is 11.8. The first kappa shape index (κ1) is 16.8. The van der Waals surface area contributed by atoms with Gasteiger partial charge in [0.15, 0.2) is 6.61 Å². The van der Waals surface area contributed by atoms with Gasteiger partial charge in [-0.1, -0.05) is 37.1 Å². The van der Waals surface area contributed by atoms with Crippen LogP contribution in [0.5, 0.6) is 5.75 Å². The first-order chi connectivity index (χ1) is 9.58. The van der Waals surface area contributed by atoms with E-state index in [1.54, 1.807) is 6.07 Å². The highest BCUT2D eigenvalue weighted by Gasteiger charge is 2.11. The normalized spacial score (nSPS) is 12.0. The largest absolute Gasteiger partial charge is 0.482 e. The maximum Gasteiger partial charge on any atom is 0.258 e. The lowest BCUT2D eigenvalue weighted by atomic mass is 10.2. The Morgan fingerprint density at radius 2 is 2.20 bits per heavy atom. The van der Waals surface area contributed by atoms with Crippen LogP contribution in [-0.2, 0) is 11.3 Å². The van der Waals surface area contributed by atoms with Crippen LogP contribution in [-0.4, -0.2) is 25.6 Å². The van der Waals surface area contributed by atoms with Crippen LogP contribution >= 0.6 is 11.6 Å². The lowest BCUT2D eigenvalue weighted by Gasteiger charge is -2.15. The molecule has 0 aliphatic heterocycles. The summed E-state index contributed by atoms with van der Waals surface area (Å²) in [7, 11) is 1.85. The minimum atomic E-state index is -0.124. The zero-order valence-corrected chi connectivity index (χ0v) is 13.1. The fourth-order valence-corrected chi connectivity index (χ4v) is 2.25. The lowest BCUT2D eigenvalue weighted by molar-refractivity contribution is -0.123. The van der Waals surface area contributed by atoms with E-state index >= 15 is 0 Å². The van der Waals surface area contributed by atoms with Crippen molar-refractivity contribution in [3.63, 3.8) is 0 Å². The van der Waals surface area contributed by atoms with E-state index in [9.17, 15) is 4.79 Å². The van der Waals surface area contributed by atoms with E-state index in [1.807, 2.05) is 26.1 Å². The van der Waals surface area contributed by atoms with Crippen molar-refractivity contribution in [2.75, 3.05) is 13.7 Å². The van der Waals surface area contributed by atoms with Crippen molar-refractivity contribution in [2.45, 2.75) is 39.3 Å². The zero-order chi connectivity index (χ0) is 15.0. The van der Waals surface area contributed by atoms with Gasteiger partial charge in [0.1, 0.15) is 5.75 Å². The second-order valence-electron chi connectivity index (χ2n) is 4.80. The van der Waals surface area contributed by atoms with Crippen LogP contribution < -0.4 is 15.4 Å². The molecule has 0 radical (unpaired) electrons. The summed E-state index contributed by atoms with van der Waals surface area (Å²) >= 11 is 6.12. The van der Waals surface area contributed by atoms with Crippen LogP contribution in [0.15, 0.2) is 18.2 Å². The summed E-state index contributed by atoms with van der Waals surface area (Å²) in [6, 6.07) is 5.72. The van der Waals surface area contributed by atoms with Gasteiger partial charge in [0.25, 0.3) is 5.91 Å². The molecule has 0 fully saturated rings. The summed E-state index contributed by atoms with van der Waals surface area (Å²) < 4.78 is 5.58. The molecule has 0 saturated carbocycles. The van der Waals surface area contributed by atoms with Gasteiger partial charge in [-0.3, -0.25) is 4.79 Å². The van der Waals surface area contributed by atoms with E-state index in [0.717, 1.165) is 18.4 Å². The van der Waals surface area contributed by atoms with Gasteiger partial charge in [0.05, 0.1) is 5.02 Å². The van der Waals surface area contributed by atoms with Gasteiger partial charge in [-0.05, 0) is 26.5 Å². The fourth-order valence-electron chi connectivity index (χ4n) is 2.00. The smallest absolute Gasteiger partial charge is 0.258 e. The number of para-hydroxylation sites is 1. The molecule has 2 N–H and O–H groups in total. The summed E-state index contributed by atoms with van der Waals surface area (Å²) in [6.07, 6.45) is 2.00. The average molecular weight is 299 g/mol. The maximum absolute atomic E-state index is 11.8. The number of carbonyl (C=O) groups excluding carboxylic acids is 1. The molecule has 1 unspecified atom stereocenters. The second-order valence-corrected chi connectivity index (χ2v) is 5.21. The molecule has 1 aromatic carbocycles. The van der Waals surface area contributed by atoms with Crippen molar-refractivity contribution in [3.8, 4) is 5.75 Å². The summed E-state index contributed by atoms with van der Waals surface area (Å²) in [5, 5.41) is 6.47. The van der Waals surface area contributed by atoms with Crippen LogP contribution in [0.4, 0.5) is 0 Å². The van der Waals surface area contributed by atoms with Gasteiger partial charge in [0, 0.05) is 18.2 Å². The number of hydrogen-bond acceptors (Lipinski definition) is 3. The number of hydrogen-bond donors (Lipinski definition) is 2. The molecule has 0 aromatic heterocycles. The molecule has 1 aromatic rings. The summed E-state index contributed by atoms with van der Waals surface area (Å²) in [6.45, 7) is 4.70.